The number of aromatic nitrogens is 2. The van der Waals surface area contributed by atoms with Gasteiger partial charge in [-0.15, -0.1) is 11.6 Å². The van der Waals surface area contributed by atoms with Crippen molar-refractivity contribution in [1.82, 2.24) is 9.97 Å². The van der Waals surface area contributed by atoms with Crippen molar-refractivity contribution in [2.45, 2.75) is 18.2 Å². The van der Waals surface area contributed by atoms with Crippen LogP contribution in [0.4, 0.5) is 5.82 Å². The molecule has 4 nitrogen and oxygen atoms in total. The molecule has 0 saturated heterocycles. The van der Waals surface area contributed by atoms with Gasteiger partial charge in [-0.2, -0.15) is 0 Å². The van der Waals surface area contributed by atoms with E-state index in [1.165, 1.54) is 19.0 Å². The van der Waals surface area contributed by atoms with E-state index in [0.717, 1.165) is 0 Å². The molecule has 0 aliphatic heterocycles. The summed E-state index contributed by atoms with van der Waals surface area (Å²) in [5.74, 6) is 0.964. The van der Waals surface area contributed by atoms with Gasteiger partial charge in [0.15, 0.2) is 5.82 Å². The number of alkyl halides is 1. The molecule has 1 aromatic rings. The Morgan fingerprint density at radius 3 is 3.14 bits per heavy atom. The van der Waals surface area contributed by atoms with Gasteiger partial charge in [0.25, 0.3) is 5.56 Å². The van der Waals surface area contributed by atoms with Crippen molar-refractivity contribution in [3.8, 4) is 0 Å². The van der Waals surface area contributed by atoms with Crippen molar-refractivity contribution in [3.05, 3.63) is 22.7 Å². The Kier molecular flexibility index (Phi) is 2.72. The van der Waals surface area contributed by atoms with Gasteiger partial charge in [0.1, 0.15) is 0 Å². The highest BCUT2D eigenvalue weighted by molar-refractivity contribution is 6.21. The van der Waals surface area contributed by atoms with E-state index in [1.54, 1.807) is 6.20 Å². The third-order valence-electron chi connectivity index (χ3n) is 2.31. The molecule has 1 fully saturated rings. The Labute approximate surface area is 86.7 Å². The van der Waals surface area contributed by atoms with Crippen LogP contribution in [-0.4, -0.2) is 21.9 Å². The van der Waals surface area contributed by atoms with Crippen LogP contribution in [0.1, 0.15) is 12.8 Å². The molecule has 2 rings (SSSR count). The topological polar surface area (TPSA) is 57.8 Å². The van der Waals surface area contributed by atoms with E-state index in [1.807, 2.05) is 0 Å². The minimum atomic E-state index is -0.202. The molecule has 1 atom stereocenters. The predicted molar refractivity (Wildman–Crippen MR) is 55.7 cm³/mol. The van der Waals surface area contributed by atoms with E-state index in [4.69, 9.17) is 11.6 Å². The van der Waals surface area contributed by atoms with Crippen LogP contribution in [0.3, 0.4) is 0 Å². The molecule has 0 amide bonds. The number of halogens is 1. The van der Waals surface area contributed by atoms with Crippen molar-refractivity contribution in [2.75, 3.05) is 11.9 Å². The fourth-order valence-corrected chi connectivity index (χ4v) is 1.63. The summed E-state index contributed by atoms with van der Waals surface area (Å²) in [6.07, 6.45) is 5.46. The average Bonchev–Trinajstić information content (AvgIpc) is 2.99. The first-order valence-corrected chi connectivity index (χ1v) is 5.12. The highest BCUT2D eigenvalue weighted by Gasteiger charge is 2.29. The lowest BCUT2D eigenvalue weighted by molar-refractivity contribution is 0.767. The molecule has 0 spiro atoms. The number of rotatable bonds is 4. The van der Waals surface area contributed by atoms with Crippen molar-refractivity contribution >= 4 is 17.4 Å². The van der Waals surface area contributed by atoms with E-state index in [9.17, 15) is 4.79 Å². The highest BCUT2D eigenvalue weighted by Crippen LogP contribution is 2.35. The standard InChI is InChI=1S/C9H12ClN3O/c10-7(6-1-2-6)5-13-8-9(14)12-4-3-11-8/h3-4,6-7H,1-2,5H2,(H,11,13)(H,12,14). The first-order valence-electron chi connectivity index (χ1n) is 4.69. The summed E-state index contributed by atoms with van der Waals surface area (Å²) in [5.41, 5.74) is -0.202. The van der Waals surface area contributed by atoms with Gasteiger partial charge in [0, 0.05) is 18.9 Å². The largest absolute Gasteiger partial charge is 0.364 e. The monoisotopic (exact) mass is 213 g/mol. The van der Waals surface area contributed by atoms with E-state index in [0.29, 0.717) is 18.3 Å². The van der Waals surface area contributed by atoms with Gasteiger partial charge in [0.2, 0.25) is 0 Å². The van der Waals surface area contributed by atoms with Gasteiger partial charge in [-0.05, 0) is 18.8 Å². The average molecular weight is 214 g/mol. The van der Waals surface area contributed by atoms with E-state index in [2.05, 4.69) is 15.3 Å². The molecule has 1 aromatic heterocycles. The maximum atomic E-state index is 11.2. The molecular formula is C9H12ClN3O. The number of H-pyrrole nitrogens is 1. The number of nitrogens with one attached hydrogen (secondary N) is 2. The van der Waals surface area contributed by atoms with Gasteiger partial charge >= 0.3 is 0 Å². The summed E-state index contributed by atoms with van der Waals surface area (Å²) < 4.78 is 0. The molecular weight excluding hydrogens is 202 g/mol. The second-order valence-electron chi connectivity index (χ2n) is 3.50. The summed E-state index contributed by atoms with van der Waals surface area (Å²) in [5, 5.41) is 3.06. The second-order valence-corrected chi connectivity index (χ2v) is 4.06. The molecule has 76 valence electrons. The Balaban J connectivity index is 1.91. The molecule has 1 saturated carbocycles. The quantitative estimate of drug-likeness (QED) is 0.739. The first kappa shape index (κ1) is 9.52. The maximum Gasteiger partial charge on any atom is 0.290 e. The normalized spacial score (nSPS) is 17.8. The summed E-state index contributed by atoms with van der Waals surface area (Å²) in [7, 11) is 0. The molecule has 0 aromatic carbocycles. The maximum absolute atomic E-state index is 11.2. The fourth-order valence-electron chi connectivity index (χ4n) is 1.30. The number of nitrogens with zero attached hydrogens (tertiary/aromatic N) is 1. The highest BCUT2D eigenvalue weighted by atomic mass is 35.5. The van der Waals surface area contributed by atoms with Crippen LogP contribution in [0, 0.1) is 5.92 Å². The Bertz CT molecular complexity index is 361. The molecule has 1 aliphatic rings. The van der Waals surface area contributed by atoms with Crippen LogP contribution in [0.5, 0.6) is 0 Å². The van der Waals surface area contributed by atoms with Crippen molar-refractivity contribution in [2.24, 2.45) is 5.92 Å². The molecule has 1 aliphatic carbocycles. The second kappa shape index (κ2) is 4.00. The van der Waals surface area contributed by atoms with E-state index < -0.39 is 0 Å². The molecule has 5 heteroatoms. The molecule has 14 heavy (non-hydrogen) atoms. The van der Waals surface area contributed by atoms with Crippen LogP contribution in [0.25, 0.3) is 0 Å². The Morgan fingerprint density at radius 1 is 1.71 bits per heavy atom. The zero-order valence-corrected chi connectivity index (χ0v) is 8.42. The van der Waals surface area contributed by atoms with Gasteiger partial charge < -0.3 is 10.3 Å². The first-order chi connectivity index (χ1) is 6.77. The minimum absolute atomic E-state index is 0.108. The molecule has 2 N–H and O–H groups in total. The number of hydrogen-bond donors (Lipinski definition) is 2. The predicted octanol–water partition coefficient (Wildman–Crippen LogP) is 1.20. The Morgan fingerprint density at radius 2 is 2.50 bits per heavy atom. The lowest BCUT2D eigenvalue weighted by Gasteiger charge is -2.08. The SMILES string of the molecule is O=c1[nH]ccnc1NCC(Cl)C1CC1. The van der Waals surface area contributed by atoms with E-state index in [-0.39, 0.29) is 10.9 Å². The van der Waals surface area contributed by atoms with Crippen molar-refractivity contribution in [3.63, 3.8) is 0 Å². The van der Waals surface area contributed by atoms with Crippen LogP contribution < -0.4 is 10.9 Å². The number of anilines is 1. The van der Waals surface area contributed by atoms with Crippen LogP contribution >= 0.6 is 11.6 Å². The third-order valence-corrected chi connectivity index (χ3v) is 2.82. The van der Waals surface area contributed by atoms with Crippen molar-refractivity contribution in [1.29, 1.82) is 0 Å². The van der Waals surface area contributed by atoms with Gasteiger partial charge in [0.05, 0.1) is 5.38 Å². The smallest absolute Gasteiger partial charge is 0.290 e. The summed E-state index contributed by atoms with van der Waals surface area (Å²) in [6.45, 7) is 0.603. The minimum Gasteiger partial charge on any atom is -0.364 e. The lowest BCUT2D eigenvalue weighted by atomic mass is 10.3. The molecule has 0 bridgehead atoms. The zero-order chi connectivity index (χ0) is 9.97. The van der Waals surface area contributed by atoms with Crippen LogP contribution in [0.2, 0.25) is 0 Å². The molecule has 0 radical (unpaired) electrons. The molecule has 1 heterocycles. The van der Waals surface area contributed by atoms with Crippen LogP contribution in [0.15, 0.2) is 17.2 Å². The summed E-state index contributed by atoms with van der Waals surface area (Å²) in [4.78, 5) is 17.7. The molecule has 1 unspecified atom stereocenters. The number of hydrogen-bond acceptors (Lipinski definition) is 3. The van der Waals surface area contributed by atoms with Crippen molar-refractivity contribution < 1.29 is 0 Å². The van der Waals surface area contributed by atoms with Gasteiger partial charge in [-0.3, -0.25) is 4.79 Å². The summed E-state index contributed by atoms with van der Waals surface area (Å²) in [6, 6.07) is 0. The van der Waals surface area contributed by atoms with E-state index >= 15 is 0 Å². The number of aromatic amines is 1. The van der Waals surface area contributed by atoms with Gasteiger partial charge in [-0.25, -0.2) is 4.98 Å². The third kappa shape index (κ3) is 2.26. The van der Waals surface area contributed by atoms with Crippen LogP contribution in [-0.2, 0) is 0 Å². The lowest BCUT2D eigenvalue weighted by Crippen LogP contribution is -2.22. The fraction of sp³-hybridized carbons (Fsp3) is 0.556. The zero-order valence-electron chi connectivity index (χ0n) is 7.66. The van der Waals surface area contributed by atoms with Gasteiger partial charge in [-0.1, -0.05) is 0 Å². The summed E-state index contributed by atoms with van der Waals surface area (Å²) >= 11 is 6.08. The Hall–Kier alpha value is -1.03.